The van der Waals surface area contributed by atoms with Crippen molar-refractivity contribution >= 4 is 28.9 Å². The second kappa shape index (κ2) is 9.62. The van der Waals surface area contributed by atoms with E-state index >= 15 is 0 Å². The number of carbonyl (C=O) groups is 1. The Balaban J connectivity index is 1.51. The third-order valence-corrected chi connectivity index (χ3v) is 5.51. The van der Waals surface area contributed by atoms with Gasteiger partial charge in [0, 0.05) is 55.0 Å². The number of rotatable bonds is 7. The number of halogens is 1. The van der Waals surface area contributed by atoms with Crippen molar-refractivity contribution in [2.24, 2.45) is 0 Å². The van der Waals surface area contributed by atoms with Crippen molar-refractivity contribution in [1.82, 2.24) is 14.9 Å². The maximum atomic E-state index is 11.9. The molecule has 1 atom stereocenters. The van der Waals surface area contributed by atoms with Crippen molar-refractivity contribution in [3.8, 4) is 11.5 Å². The number of amides is 1. The Morgan fingerprint density at radius 1 is 1.16 bits per heavy atom. The first-order valence-corrected chi connectivity index (χ1v) is 10.5. The lowest BCUT2D eigenvalue weighted by atomic mass is 10.0. The van der Waals surface area contributed by atoms with E-state index < -0.39 is 0 Å². The normalized spacial score (nSPS) is 15.3. The molecule has 0 saturated carbocycles. The SMILES string of the molecule is C=CC(=O)N1CCC(Nc2c(Cl)cncc2C(=N)c2ccc(Oc3ccncc3)cc2)C1. The van der Waals surface area contributed by atoms with Gasteiger partial charge in [0.05, 0.1) is 16.4 Å². The van der Waals surface area contributed by atoms with Crippen molar-refractivity contribution in [2.45, 2.75) is 12.5 Å². The summed E-state index contributed by atoms with van der Waals surface area (Å²) in [5.74, 6) is 1.26. The molecule has 3 heterocycles. The van der Waals surface area contributed by atoms with E-state index in [1.54, 1.807) is 41.8 Å². The quantitative estimate of drug-likeness (QED) is 0.410. The Kier molecular flexibility index (Phi) is 6.47. The maximum absolute atomic E-state index is 11.9. The van der Waals surface area contributed by atoms with Gasteiger partial charge < -0.3 is 15.0 Å². The van der Waals surface area contributed by atoms with Gasteiger partial charge in [0.2, 0.25) is 5.91 Å². The molecule has 1 saturated heterocycles. The van der Waals surface area contributed by atoms with E-state index in [9.17, 15) is 4.79 Å². The highest BCUT2D eigenvalue weighted by Gasteiger charge is 2.26. The van der Waals surface area contributed by atoms with E-state index in [1.165, 1.54) is 6.08 Å². The summed E-state index contributed by atoms with van der Waals surface area (Å²) in [5.41, 5.74) is 2.22. The van der Waals surface area contributed by atoms with Gasteiger partial charge >= 0.3 is 0 Å². The van der Waals surface area contributed by atoms with Crippen LogP contribution in [-0.2, 0) is 4.79 Å². The predicted octanol–water partition coefficient (Wildman–Crippen LogP) is 4.54. The van der Waals surface area contributed by atoms with Crippen LogP contribution in [0.5, 0.6) is 11.5 Å². The van der Waals surface area contributed by atoms with Gasteiger partial charge in [-0.3, -0.25) is 20.2 Å². The van der Waals surface area contributed by atoms with E-state index in [1.807, 2.05) is 24.3 Å². The molecule has 32 heavy (non-hydrogen) atoms. The fourth-order valence-corrected chi connectivity index (χ4v) is 3.78. The highest BCUT2D eigenvalue weighted by molar-refractivity contribution is 6.34. The van der Waals surface area contributed by atoms with Gasteiger partial charge in [0.25, 0.3) is 0 Å². The number of anilines is 1. The number of nitrogens with one attached hydrogen (secondary N) is 2. The van der Waals surface area contributed by atoms with Crippen LogP contribution in [0.1, 0.15) is 17.5 Å². The minimum absolute atomic E-state index is 0.0292. The van der Waals surface area contributed by atoms with E-state index in [0.29, 0.717) is 46.4 Å². The second-order valence-corrected chi connectivity index (χ2v) is 7.75. The van der Waals surface area contributed by atoms with Gasteiger partial charge in [-0.1, -0.05) is 18.2 Å². The number of hydrogen-bond donors (Lipinski definition) is 2. The molecule has 1 unspecified atom stereocenters. The molecule has 0 aliphatic carbocycles. The molecule has 0 radical (unpaired) electrons. The van der Waals surface area contributed by atoms with Crippen LogP contribution in [0.25, 0.3) is 0 Å². The Hall–Kier alpha value is -3.71. The maximum Gasteiger partial charge on any atom is 0.246 e. The summed E-state index contributed by atoms with van der Waals surface area (Å²) in [7, 11) is 0. The largest absolute Gasteiger partial charge is 0.457 e. The lowest BCUT2D eigenvalue weighted by Gasteiger charge is -2.19. The van der Waals surface area contributed by atoms with Gasteiger partial charge in [0.15, 0.2) is 0 Å². The third kappa shape index (κ3) is 4.78. The summed E-state index contributed by atoms with van der Waals surface area (Å²) in [5, 5.41) is 12.6. The molecule has 1 aliphatic heterocycles. The van der Waals surface area contributed by atoms with Gasteiger partial charge in [-0.15, -0.1) is 0 Å². The number of carbonyl (C=O) groups excluding carboxylic acids is 1. The number of likely N-dealkylation sites (tertiary alicyclic amines) is 1. The number of pyridine rings is 2. The zero-order valence-corrected chi connectivity index (χ0v) is 18.0. The lowest BCUT2D eigenvalue weighted by molar-refractivity contribution is -0.125. The van der Waals surface area contributed by atoms with Crippen LogP contribution in [0, 0.1) is 5.41 Å². The first-order valence-electron chi connectivity index (χ1n) is 10.1. The molecule has 4 rings (SSSR count). The average Bonchev–Trinajstić information content (AvgIpc) is 3.29. The Morgan fingerprint density at radius 2 is 1.88 bits per heavy atom. The number of hydrogen-bond acceptors (Lipinski definition) is 6. The predicted molar refractivity (Wildman–Crippen MR) is 125 cm³/mol. The van der Waals surface area contributed by atoms with Crippen LogP contribution in [0.3, 0.4) is 0 Å². The molecule has 0 bridgehead atoms. The van der Waals surface area contributed by atoms with Crippen LogP contribution < -0.4 is 10.1 Å². The summed E-state index contributed by atoms with van der Waals surface area (Å²) < 4.78 is 5.79. The molecule has 2 N–H and O–H groups in total. The Labute approximate surface area is 191 Å². The molecule has 7 nitrogen and oxygen atoms in total. The molecular formula is C24H22ClN5O2. The van der Waals surface area contributed by atoms with E-state index in [2.05, 4.69) is 21.9 Å². The molecule has 0 spiro atoms. The lowest BCUT2D eigenvalue weighted by Crippen LogP contribution is -2.30. The Bertz CT molecular complexity index is 1130. The smallest absolute Gasteiger partial charge is 0.246 e. The van der Waals surface area contributed by atoms with E-state index in [4.69, 9.17) is 21.7 Å². The summed E-state index contributed by atoms with van der Waals surface area (Å²) in [4.78, 5) is 21.8. The monoisotopic (exact) mass is 447 g/mol. The molecule has 1 aliphatic rings. The average molecular weight is 448 g/mol. The molecule has 3 aromatic rings. The summed E-state index contributed by atoms with van der Waals surface area (Å²) in [6.07, 6.45) is 8.61. The van der Waals surface area contributed by atoms with Gasteiger partial charge in [0.1, 0.15) is 11.5 Å². The van der Waals surface area contributed by atoms with Crippen molar-refractivity contribution in [1.29, 1.82) is 5.41 Å². The highest BCUT2D eigenvalue weighted by atomic mass is 35.5. The highest BCUT2D eigenvalue weighted by Crippen LogP contribution is 2.30. The van der Waals surface area contributed by atoms with Crippen LogP contribution in [0.4, 0.5) is 5.69 Å². The minimum atomic E-state index is -0.0860. The zero-order chi connectivity index (χ0) is 22.5. The number of aromatic nitrogens is 2. The topological polar surface area (TPSA) is 91.2 Å². The van der Waals surface area contributed by atoms with E-state index in [0.717, 1.165) is 6.42 Å². The fourth-order valence-electron chi connectivity index (χ4n) is 3.57. The molecule has 1 aromatic carbocycles. The van der Waals surface area contributed by atoms with Crippen LogP contribution in [0.15, 0.2) is 73.8 Å². The first kappa shape index (κ1) is 21.5. The standard InChI is InChI=1S/C24H22ClN5O2/c1-2-22(31)30-12-9-17(15-30)29-24-20(13-28-14-21(24)25)23(26)16-3-5-18(6-4-16)32-19-7-10-27-11-8-19/h2-8,10-11,13-14,17,26H,1,9,12,15H2,(H,28,29). The summed E-state index contributed by atoms with van der Waals surface area (Å²) in [6.45, 7) is 4.75. The third-order valence-electron chi connectivity index (χ3n) is 5.22. The first-order chi connectivity index (χ1) is 15.5. The molecule has 2 aromatic heterocycles. The van der Waals surface area contributed by atoms with Gasteiger partial charge in [-0.25, -0.2) is 0 Å². The number of benzene rings is 1. The number of nitrogens with zero attached hydrogens (tertiary/aromatic N) is 3. The van der Waals surface area contributed by atoms with E-state index in [-0.39, 0.29) is 17.7 Å². The molecule has 162 valence electrons. The summed E-state index contributed by atoms with van der Waals surface area (Å²) >= 11 is 6.44. The van der Waals surface area contributed by atoms with Crippen molar-refractivity contribution in [3.05, 3.63) is 90.0 Å². The molecule has 8 heteroatoms. The van der Waals surface area contributed by atoms with Crippen LogP contribution in [-0.4, -0.2) is 45.6 Å². The minimum Gasteiger partial charge on any atom is -0.457 e. The fraction of sp³-hybridized carbons (Fsp3) is 0.167. The Morgan fingerprint density at radius 3 is 2.59 bits per heavy atom. The van der Waals surface area contributed by atoms with Crippen molar-refractivity contribution in [2.75, 3.05) is 18.4 Å². The summed E-state index contributed by atoms with van der Waals surface area (Å²) in [6, 6.07) is 10.8. The van der Waals surface area contributed by atoms with Crippen LogP contribution >= 0.6 is 11.6 Å². The second-order valence-electron chi connectivity index (χ2n) is 7.35. The molecular weight excluding hydrogens is 426 g/mol. The van der Waals surface area contributed by atoms with Crippen LogP contribution in [0.2, 0.25) is 5.02 Å². The molecule has 1 fully saturated rings. The zero-order valence-electron chi connectivity index (χ0n) is 17.3. The molecule has 1 amide bonds. The number of ether oxygens (including phenoxy) is 1. The van der Waals surface area contributed by atoms with Gasteiger partial charge in [-0.2, -0.15) is 0 Å². The van der Waals surface area contributed by atoms with Gasteiger partial charge in [-0.05, 0) is 48.9 Å². The van der Waals surface area contributed by atoms with Crippen molar-refractivity contribution in [3.63, 3.8) is 0 Å². The van der Waals surface area contributed by atoms with Crippen molar-refractivity contribution < 1.29 is 9.53 Å².